The molecule has 0 spiro atoms. The second kappa shape index (κ2) is 9.82. The van der Waals surface area contributed by atoms with E-state index in [0.717, 1.165) is 19.1 Å². The quantitative estimate of drug-likeness (QED) is 0.628. The van der Waals surface area contributed by atoms with Gasteiger partial charge in [-0.3, -0.25) is 20.5 Å². The third-order valence-corrected chi connectivity index (χ3v) is 6.34. The van der Waals surface area contributed by atoms with Gasteiger partial charge in [0.05, 0.1) is 22.0 Å². The summed E-state index contributed by atoms with van der Waals surface area (Å²) in [5.74, 6) is -0.427. The van der Waals surface area contributed by atoms with E-state index in [9.17, 15) is 18.4 Å². The lowest BCUT2D eigenvalue weighted by Gasteiger charge is -2.19. The van der Waals surface area contributed by atoms with Gasteiger partial charge in [0.15, 0.2) is 9.84 Å². The Morgan fingerprint density at radius 3 is 2.56 bits per heavy atom. The number of rotatable bonds is 6. The van der Waals surface area contributed by atoms with Crippen LogP contribution >= 0.6 is 11.3 Å². The first-order chi connectivity index (χ1) is 12.8. The number of hydrogen-bond donors (Lipinski definition) is 3. The first-order valence-electron chi connectivity index (χ1n) is 8.68. The average Bonchev–Trinajstić information content (AvgIpc) is 3.34. The zero-order valence-electron chi connectivity index (χ0n) is 15.2. The molecular formula is C18H25N3O4S2. The van der Waals surface area contributed by atoms with E-state index in [-0.39, 0.29) is 10.6 Å². The highest BCUT2D eigenvalue weighted by Gasteiger charge is 2.26. The molecule has 7 nitrogen and oxygen atoms in total. The zero-order valence-corrected chi connectivity index (χ0v) is 16.8. The molecule has 0 radical (unpaired) electrons. The first-order valence-corrected chi connectivity index (χ1v) is 11.5. The summed E-state index contributed by atoms with van der Waals surface area (Å²) < 4.78 is 23.3. The molecule has 1 aliphatic carbocycles. The summed E-state index contributed by atoms with van der Waals surface area (Å²) in [6, 6.07) is 4.48. The molecule has 9 heteroatoms. The van der Waals surface area contributed by atoms with Crippen LogP contribution in [0.25, 0.3) is 0 Å². The minimum absolute atomic E-state index is 0.0113. The fourth-order valence-electron chi connectivity index (χ4n) is 3.35. The maximum atomic E-state index is 11.8. The summed E-state index contributed by atoms with van der Waals surface area (Å²) >= 11 is 1.60. The van der Waals surface area contributed by atoms with Gasteiger partial charge in [-0.25, -0.2) is 8.42 Å². The van der Waals surface area contributed by atoms with Crippen molar-refractivity contribution in [2.45, 2.75) is 42.9 Å². The number of aromatic nitrogens is 1. The highest BCUT2D eigenvalue weighted by molar-refractivity contribution is 7.90. The van der Waals surface area contributed by atoms with Gasteiger partial charge >= 0.3 is 0 Å². The maximum absolute atomic E-state index is 11.8. The molecule has 1 aromatic carbocycles. The molecule has 0 bridgehead atoms. The number of benzene rings is 1. The van der Waals surface area contributed by atoms with Crippen LogP contribution in [0.5, 0.6) is 0 Å². The summed E-state index contributed by atoms with van der Waals surface area (Å²) in [7, 11) is -3.47. The largest absolute Gasteiger partial charge is 0.369 e. The molecule has 1 aliphatic rings. The summed E-state index contributed by atoms with van der Waals surface area (Å²) in [6.07, 6.45) is 8.03. The van der Waals surface area contributed by atoms with E-state index >= 15 is 0 Å². The fourth-order valence-corrected chi connectivity index (χ4v) is 4.52. The number of anilines is 1. The maximum Gasteiger partial charge on any atom is 0.224 e. The summed E-state index contributed by atoms with van der Waals surface area (Å²) in [6.45, 7) is 0. The lowest BCUT2D eigenvalue weighted by atomic mass is 9.87. The standard InChI is InChI=1S/C15H22N2O4S.C3H3NS/c1-22(20,21)14-7-6-11(9-13(14)17-19)12(15(16)18)8-10-4-2-3-5-10;1-2-5-3-4-1/h6-7,9-10,12,17,19H,2-5,8H2,1H3,(H2,16,18);1-3H. The SMILES string of the molecule is CS(=O)(=O)c1ccc(C(CC2CCCC2)C(N)=O)cc1NO.c1cscn1. The smallest absolute Gasteiger partial charge is 0.224 e. The van der Waals surface area contributed by atoms with E-state index < -0.39 is 21.7 Å². The summed E-state index contributed by atoms with van der Waals surface area (Å²) in [4.78, 5) is 15.5. The number of nitrogens with two attached hydrogens (primary N) is 1. The monoisotopic (exact) mass is 411 g/mol. The highest BCUT2D eigenvalue weighted by Crippen LogP contribution is 2.35. The predicted molar refractivity (Wildman–Crippen MR) is 106 cm³/mol. The van der Waals surface area contributed by atoms with Crippen molar-refractivity contribution >= 4 is 32.8 Å². The van der Waals surface area contributed by atoms with Crippen LogP contribution < -0.4 is 11.2 Å². The number of carbonyl (C=O) groups excluding carboxylic acids is 1. The van der Waals surface area contributed by atoms with Crippen LogP contribution in [-0.4, -0.2) is 30.8 Å². The Morgan fingerprint density at radius 1 is 1.41 bits per heavy atom. The van der Waals surface area contributed by atoms with Gasteiger partial charge in [-0.1, -0.05) is 31.7 Å². The third-order valence-electron chi connectivity index (χ3n) is 4.66. The number of amides is 1. The Kier molecular flexibility index (Phi) is 7.76. The van der Waals surface area contributed by atoms with Crippen LogP contribution in [0.2, 0.25) is 0 Å². The molecule has 1 saturated carbocycles. The minimum Gasteiger partial charge on any atom is -0.369 e. The molecule has 148 valence electrons. The van der Waals surface area contributed by atoms with Crippen LogP contribution in [0.3, 0.4) is 0 Å². The van der Waals surface area contributed by atoms with E-state index in [0.29, 0.717) is 17.9 Å². The van der Waals surface area contributed by atoms with Crippen molar-refractivity contribution < 1.29 is 18.4 Å². The molecule has 3 rings (SSSR count). The van der Waals surface area contributed by atoms with Crippen molar-refractivity contribution in [2.75, 3.05) is 11.7 Å². The van der Waals surface area contributed by atoms with Crippen LogP contribution in [0, 0.1) is 5.92 Å². The molecule has 1 heterocycles. The van der Waals surface area contributed by atoms with E-state index in [1.807, 2.05) is 10.9 Å². The Morgan fingerprint density at radius 2 is 2.11 bits per heavy atom. The Bertz CT molecular complexity index is 815. The van der Waals surface area contributed by atoms with Gasteiger partial charge in [0, 0.05) is 17.8 Å². The van der Waals surface area contributed by atoms with Crippen LogP contribution in [0.1, 0.15) is 43.6 Å². The van der Waals surface area contributed by atoms with Crippen molar-refractivity contribution in [3.8, 4) is 0 Å². The number of hydrogen-bond acceptors (Lipinski definition) is 7. The first kappa shape index (κ1) is 21.3. The molecule has 1 fully saturated rings. The number of sulfone groups is 1. The molecule has 27 heavy (non-hydrogen) atoms. The second-order valence-corrected chi connectivity index (χ2v) is 9.40. The Hall–Kier alpha value is -1.97. The highest BCUT2D eigenvalue weighted by atomic mass is 32.2. The van der Waals surface area contributed by atoms with Gasteiger partial charge in [-0.2, -0.15) is 0 Å². The molecule has 1 aromatic heterocycles. The van der Waals surface area contributed by atoms with E-state index in [1.54, 1.807) is 29.1 Å². The van der Waals surface area contributed by atoms with Gasteiger partial charge < -0.3 is 5.73 Å². The lowest BCUT2D eigenvalue weighted by Crippen LogP contribution is -2.23. The third kappa shape index (κ3) is 6.30. The van der Waals surface area contributed by atoms with E-state index in [4.69, 9.17) is 5.73 Å². The van der Waals surface area contributed by atoms with Crippen LogP contribution in [-0.2, 0) is 14.6 Å². The van der Waals surface area contributed by atoms with E-state index in [2.05, 4.69) is 4.98 Å². The van der Waals surface area contributed by atoms with Gasteiger partial charge in [-0.15, -0.1) is 11.3 Å². The normalized spacial score (nSPS) is 15.6. The number of carbonyl (C=O) groups is 1. The van der Waals surface area contributed by atoms with Gasteiger partial charge in [-0.05, 0) is 30.0 Å². The minimum atomic E-state index is -3.47. The van der Waals surface area contributed by atoms with Gasteiger partial charge in [0.1, 0.15) is 0 Å². The van der Waals surface area contributed by atoms with Crippen molar-refractivity contribution in [3.05, 3.63) is 40.8 Å². The second-order valence-electron chi connectivity index (χ2n) is 6.66. The number of primary amides is 1. The lowest BCUT2D eigenvalue weighted by molar-refractivity contribution is -0.119. The van der Waals surface area contributed by atoms with Gasteiger partial charge in [0.2, 0.25) is 5.91 Å². The topological polar surface area (TPSA) is 122 Å². The number of nitrogens with zero attached hydrogens (tertiary/aromatic N) is 1. The van der Waals surface area contributed by atoms with Gasteiger partial charge in [0.25, 0.3) is 0 Å². The van der Waals surface area contributed by atoms with Crippen molar-refractivity contribution in [3.63, 3.8) is 0 Å². The number of nitrogens with one attached hydrogen (secondary N) is 1. The Balaban J connectivity index is 0.000000451. The van der Waals surface area contributed by atoms with Crippen molar-refractivity contribution in [1.29, 1.82) is 0 Å². The summed E-state index contributed by atoms with van der Waals surface area (Å²) in [5.41, 5.74) is 9.91. The van der Waals surface area contributed by atoms with Crippen molar-refractivity contribution in [1.82, 2.24) is 4.98 Å². The predicted octanol–water partition coefficient (Wildman–Crippen LogP) is 3.18. The Labute approximate surface area is 163 Å². The summed E-state index contributed by atoms with van der Waals surface area (Å²) in [5, 5.41) is 11.1. The average molecular weight is 412 g/mol. The molecule has 2 aromatic rings. The molecular weight excluding hydrogens is 386 g/mol. The van der Waals surface area contributed by atoms with Crippen LogP contribution in [0.15, 0.2) is 40.2 Å². The van der Waals surface area contributed by atoms with E-state index in [1.165, 1.54) is 25.0 Å². The van der Waals surface area contributed by atoms with Crippen LogP contribution in [0.4, 0.5) is 5.69 Å². The van der Waals surface area contributed by atoms with Crippen molar-refractivity contribution in [2.24, 2.45) is 11.7 Å². The molecule has 0 aliphatic heterocycles. The molecule has 0 saturated heterocycles. The molecule has 1 amide bonds. The molecule has 1 unspecified atom stereocenters. The molecule has 1 atom stereocenters. The fraction of sp³-hybridized carbons (Fsp3) is 0.444. The zero-order chi connectivity index (χ0) is 19.9. The molecule has 4 N–H and O–H groups in total. The number of thiazole rings is 1.